The second-order valence-electron chi connectivity index (χ2n) is 3.42. The molecule has 0 aromatic heterocycles. The Hall–Kier alpha value is -0.570. The summed E-state index contributed by atoms with van der Waals surface area (Å²) >= 11 is 0. The van der Waals surface area contributed by atoms with Crippen LogP contribution in [0.2, 0.25) is 0 Å². The van der Waals surface area contributed by atoms with Crippen LogP contribution in [0.4, 0.5) is 0 Å². The first-order valence-corrected chi connectivity index (χ1v) is 4.08. The van der Waals surface area contributed by atoms with Crippen LogP contribution < -0.4 is 5.73 Å². The van der Waals surface area contributed by atoms with Gasteiger partial charge in [-0.15, -0.1) is 0 Å². The summed E-state index contributed by atoms with van der Waals surface area (Å²) in [5.41, 5.74) is 5.92. The minimum absolute atomic E-state index is 0.119. The molecule has 3 N–H and O–H groups in total. The molecule has 0 aromatic rings. The van der Waals surface area contributed by atoms with Gasteiger partial charge in [-0.05, 0) is 24.7 Å². The van der Waals surface area contributed by atoms with E-state index in [4.69, 9.17) is 10.8 Å². The molecule has 1 aliphatic carbocycles. The fourth-order valence-electron chi connectivity index (χ4n) is 1.55. The van der Waals surface area contributed by atoms with Crippen LogP contribution in [0, 0.1) is 5.41 Å². The van der Waals surface area contributed by atoms with E-state index in [1.807, 2.05) is 0 Å². The smallest absolute Gasteiger partial charge is 0.304 e. The largest absolute Gasteiger partial charge is 0.481 e. The van der Waals surface area contributed by atoms with Crippen LogP contribution >= 0.6 is 0 Å². The van der Waals surface area contributed by atoms with Crippen molar-refractivity contribution in [2.24, 2.45) is 11.1 Å². The Bertz CT molecular complexity index is 163. The Kier molecular flexibility index (Phi) is 2.18. The summed E-state index contributed by atoms with van der Waals surface area (Å²) in [6.45, 7) is 2.08. The van der Waals surface area contributed by atoms with Gasteiger partial charge >= 0.3 is 5.97 Å². The number of carboxylic acids is 1. The first kappa shape index (κ1) is 8.53. The maximum absolute atomic E-state index is 10.3. The van der Waals surface area contributed by atoms with E-state index in [9.17, 15) is 4.79 Å². The molecule has 0 aromatic carbocycles. The van der Waals surface area contributed by atoms with E-state index in [1.54, 1.807) is 0 Å². The van der Waals surface area contributed by atoms with Crippen molar-refractivity contribution in [3.8, 4) is 0 Å². The molecule has 0 amide bonds. The summed E-state index contributed by atoms with van der Waals surface area (Å²) in [5.74, 6) is -0.780. The molecular weight excluding hydrogens is 142 g/mol. The lowest BCUT2D eigenvalue weighted by Crippen LogP contribution is -2.33. The molecule has 1 fully saturated rings. The van der Waals surface area contributed by atoms with E-state index in [1.165, 1.54) is 0 Å². The van der Waals surface area contributed by atoms with Gasteiger partial charge < -0.3 is 10.8 Å². The molecule has 11 heavy (non-hydrogen) atoms. The monoisotopic (exact) mass is 157 g/mol. The summed E-state index contributed by atoms with van der Waals surface area (Å²) in [6, 6.07) is -0.134. The van der Waals surface area contributed by atoms with Crippen LogP contribution in [0.15, 0.2) is 0 Å². The Morgan fingerprint density at radius 2 is 2.27 bits per heavy atom. The summed E-state index contributed by atoms with van der Waals surface area (Å²) in [7, 11) is 0. The number of aliphatic carboxylic acids is 1. The highest BCUT2D eigenvalue weighted by molar-refractivity contribution is 5.67. The van der Waals surface area contributed by atoms with Crippen LogP contribution in [0.25, 0.3) is 0 Å². The average Bonchev–Trinajstić information content (AvgIpc) is 2.65. The summed E-state index contributed by atoms with van der Waals surface area (Å²) in [6.07, 6.45) is 3.35. The third kappa shape index (κ3) is 1.71. The predicted octanol–water partition coefficient (Wildman–Crippen LogP) is 0.979. The molecule has 0 radical (unpaired) electrons. The number of carbonyl (C=O) groups is 1. The third-order valence-corrected chi connectivity index (χ3v) is 2.78. The topological polar surface area (TPSA) is 63.3 Å². The van der Waals surface area contributed by atoms with Crippen molar-refractivity contribution >= 4 is 5.97 Å². The molecule has 1 aliphatic rings. The molecule has 1 rings (SSSR count). The Labute approximate surface area is 66.6 Å². The molecule has 3 nitrogen and oxygen atoms in total. The van der Waals surface area contributed by atoms with Gasteiger partial charge in [0.05, 0.1) is 6.42 Å². The number of carboxylic acid groups (broad SMARTS) is 1. The SMILES string of the molecule is CCC1(C(N)CC(=O)O)CC1. The van der Waals surface area contributed by atoms with Crippen LogP contribution in [0.1, 0.15) is 32.6 Å². The molecule has 3 heteroatoms. The van der Waals surface area contributed by atoms with E-state index >= 15 is 0 Å². The van der Waals surface area contributed by atoms with E-state index < -0.39 is 5.97 Å². The highest BCUT2D eigenvalue weighted by Gasteiger charge is 2.46. The zero-order valence-corrected chi connectivity index (χ0v) is 6.84. The van der Waals surface area contributed by atoms with E-state index in [0.717, 1.165) is 19.3 Å². The lowest BCUT2D eigenvalue weighted by atomic mass is 9.92. The second kappa shape index (κ2) is 2.81. The van der Waals surface area contributed by atoms with E-state index in [0.29, 0.717) is 0 Å². The quantitative estimate of drug-likeness (QED) is 0.639. The highest BCUT2D eigenvalue weighted by atomic mass is 16.4. The molecule has 0 saturated heterocycles. The third-order valence-electron chi connectivity index (χ3n) is 2.78. The number of hydrogen-bond donors (Lipinski definition) is 2. The van der Waals surface area contributed by atoms with Crippen molar-refractivity contribution in [2.75, 3.05) is 0 Å². The highest BCUT2D eigenvalue weighted by Crippen LogP contribution is 2.51. The van der Waals surface area contributed by atoms with Gasteiger partial charge in [0.25, 0.3) is 0 Å². The first-order chi connectivity index (χ1) is 5.10. The van der Waals surface area contributed by atoms with Gasteiger partial charge in [-0.1, -0.05) is 6.92 Å². The van der Waals surface area contributed by atoms with Crippen LogP contribution in [0.3, 0.4) is 0 Å². The van der Waals surface area contributed by atoms with Gasteiger partial charge in [0.1, 0.15) is 0 Å². The number of hydrogen-bond acceptors (Lipinski definition) is 2. The fourth-order valence-corrected chi connectivity index (χ4v) is 1.55. The van der Waals surface area contributed by atoms with Gasteiger partial charge in [-0.2, -0.15) is 0 Å². The molecule has 1 unspecified atom stereocenters. The number of rotatable bonds is 4. The minimum Gasteiger partial charge on any atom is -0.481 e. The first-order valence-electron chi connectivity index (χ1n) is 4.08. The molecule has 0 bridgehead atoms. The molecular formula is C8H15NO2. The summed E-state index contributed by atoms with van der Waals surface area (Å²) < 4.78 is 0. The van der Waals surface area contributed by atoms with Crippen molar-refractivity contribution in [3.05, 3.63) is 0 Å². The van der Waals surface area contributed by atoms with Gasteiger partial charge in [0, 0.05) is 6.04 Å². The van der Waals surface area contributed by atoms with Gasteiger partial charge in [-0.25, -0.2) is 0 Å². The molecule has 1 saturated carbocycles. The zero-order chi connectivity index (χ0) is 8.48. The predicted molar refractivity (Wildman–Crippen MR) is 42.2 cm³/mol. The van der Waals surface area contributed by atoms with E-state index in [-0.39, 0.29) is 17.9 Å². The van der Waals surface area contributed by atoms with Gasteiger partial charge in [-0.3, -0.25) is 4.79 Å². The fraction of sp³-hybridized carbons (Fsp3) is 0.875. The Morgan fingerprint density at radius 3 is 2.55 bits per heavy atom. The van der Waals surface area contributed by atoms with Crippen molar-refractivity contribution in [2.45, 2.75) is 38.6 Å². The maximum atomic E-state index is 10.3. The van der Waals surface area contributed by atoms with Crippen molar-refractivity contribution in [1.82, 2.24) is 0 Å². The Balaban J connectivity index is 2.40. The molecule has 0 aliphatic heterocycles. The Morgan fingerprint density at radius 1 is 1.73 bits per heavy atom. The van der Waals surface area contributed by atoms with Gasteiger partial charge in [0.15, 0.2) is 0 Å². The van der Waals surface area contributed by atoms with Crippen molar-refractivity contribution in [1.29, 1.82) is 0 Å². The summed E-state index contributed by atoms with van der Waals surface area (Å²) in [4.78, 5) is 10.3. The lowest BCUT2D eigenvalue weighted by Gasteiger charge is -2.19. The molecule has 64 valence electrons. The van der Waals surface area contributed by atoms with Crippen LogP contribution in [-0.2, 0) is 4.79 Å². The lowest BCUT2D eigenvalue weighted by molar-refractivity contribution is -0.137. The zero-order valence-electron chi connectivity index (χ0n) is 6.84. The maximum Gasteiger partial charge on any atom is 0.304 e. The second-order valence-corrected chi connectivity index (χ2v) is 3.42. The standard InChI is InChI=1S/C8H15NO2/c1-2-8(3-4-8)6(9)5-7(10)11/h6H,2-5,9H2,1H3,(H,10,11). The van der Waals surface area contributed by atoms with Gasteiger partial charge in [0.2, 0.25) is 0 Å². The van der Waals surface area contributed by atoms with Crippen molar-refractivity contribution < 1.29 is 9.90 Å². The van der Waals surface area contributed by atoms with Crippen LogP contribution in [-0.4, -0.2) is 17.1 Å². The molecule has 0 heterocycles. The minimum atomic E-state index is -0.780. The van der Waals surface area contributed by atoms with E-state index in [2.05, 4.69) is 6.92 Å². The molecule has 1 atom stereocenters. The average molecular weight is 157 g/mol. The van der Waals surface area contributed by atoms with Crippen LogP contribution in [0.5, 0.6) is 0 Å². The number of nitrogens with two attached hydrogens (primary N) is 1. The summed E-state index contributed by atoms with van der Waals surface area (Å²) in [5, 5.41) is 8.49. The molecule has 0 spiro atoms. The van der Waals surface area contributed by atoms with Crippen molar-refractivity contribution in [3.63, 3.8) is 0 Å². The normalized spacial score (nSPS) is 22.7.